The molecule has 0 aliphatic carbocycles. The molecular weight excluding hydrogens is 296 g/mol. The highest BCUT2D eigenvalue weighted by Crippen LogP contribution is 2.16. The van der Waals surface area contributed by atoms with E-state index in [1.165, 1.54) is 6.39 Å². The van der Waals surface area contributed by atoms with Gasteiger partial charge in [-0.3, -0.25) is 4.79 Å². The minimum absolute atomic E-state index is 0.00492. The van der Waals surface area contributed by atoms with E-state index in [1.807, 2.05) is 12.1 Å². The van der Waals surface area contributed by atoms with Gasteiger partial charge in [0.15, 0.2) is 6.39 Å². The smallest absolute Gasteiger partial charge is 0.291 e. The predicted octanol–water partition coefficient (Wildman–Crippen LogP) is 1.43. The summed E-state index contributed by atoms with van der Waals surface area (Å²) in [5.74, 6) is 0.707. The number of nitrogens with zero attached hydrogens (tertiary/aromatic N) is 3. The average molecular weight is 316 g/mol. The first-order valence-corrected chi connectivity index (χ1v) is 7.65. The summed E-state index contributed by atoms with van der Waals surface area (Å²) >= 11 is 0. The number of aryl methyl sites for hydroxylation is 2. The fourth-order valence-electron chi connectivity index (χ4n) is 2.71. The lowest BCUT2D eigenvalue weighted by Gasteiger charge is -2.32. The quantitative estimate of drug-likeness (QED) is 0.917. The van der Waals surface area contributed by atoms with Gasteiger partial charge in [-0.15, -0.1) is 0 Å². The number of pyridine rings is 1. The molecule has 1 aliphatic rings. The normalized spacial score (nSPS) is 18.1. The van der Waals surface area contributed by atoms with Gasteiger partial charge >= 0.3 is 0 Å². The molecule has 122 valence electrons. The molecule has 0 unspecified atom stereocenters. The van der Waals surface area contributed by atoms with Crippen LogP contribution in [0.25, 0.3) is 0 Å². The maximum absolute atomic E-state index is 12.5. The molecule has 23 heavy (non-hydrogen) atoms. The van der Waals surface area contributed by atoms with Crippen LogP contribution in [0.15, 0.2) is 29.1 Å². The Balaban J connectivity index is 1.58. The number of aromatic nitrogens is 2. The van der Waals surface area contributed by atoms with Gasteiger partial charge in [-0.2, -0.15) is 0 Å². The van der Waals surface area contributed by atoms with Crippen molar-refractivity contribution < 1.29 is 13.9 Å². The zero-order chi connectivity index (χ0) is 16.2. The summed E-state index contributed by atoms with van der Waals surface area (Å²) in [6.45, 7) is 3.42. The van der Waals surface area contributed by atoms with Gasteiger partial charge in [-0.25, -0.2) is 9.97 Å². The topological polar surface area (TPSA) is 94.5 Å². The second-order valence-corrected chi connectivity index (χ2v) is 5.64. The monoisotopic (exact) mass is 316 g/mol. The van der Waals surface area contributed by atoms with Crippen LogP contribution in [0.1, 0.15) is 28.2 Å². The van der Waals surface area contributed by atoms with Gasteiger partial charge < -0.3 is 19.8 Å². The molecule has 0 aromatic carbocycles. The Labute approximate surface area is 134 Å². The Morgan fingerprint density at radius 2 is 2.35 bits per heavy atom. The zero-order valence-corrected chi connectivity index (χ0v) is 13.1. The van der Waals surface area contributed by atoms with Crippen molar-refractivity contribution in [1.82, 2.24) is 14.9 Å². The van der Waals surface area contributed by atoms with Crippen LogP contribution < -0.4 is 5.73 Å². The van der Waals surface area contributed by atoms with Gasteiger partial charge in [0.2, 0.25) is 5.76 Å². The Bertz CT molecular complexity index is 685. The van der Waals surface area contributed by atoms with Gasteiger partial charge in [0, 0.05) is 19.3 Å². The lowest BCUT2D eigenvalue weighted by molar-refractivity contribution is -0.0255. The highest BCUT2D eigenvalue weighted by molar-refractivity contribution is 5.92. The number of carbonyl (C=O) groups excluding carboxylic acids is 1. The van der Waals surface area contributed by atoms with E-state index in [0.717, 1.165) is 18.4 Å². The Morgan fingerprint density at radius 3 is 3.09 bits per heavy atom. The molecule has 0 radical (unpaired) electrons. The standard InChI is InChI=1S/C16H20N4O3/c1-11-15(23-10-19-11)16(21)20-6-7-22-13(9-20)3-2-12-4-5-18-14(17)8-12/h4-5,8,10,13H,2-3,6-7,9H2,1H3,(H2,17,18)/t13-/m0/s1. The molecule has 0 bridgehead atoms. The van der Waals surface area contributed by atoms with Crippen LogP contribution in [0.5, 0.6) is 0 Å². The number of ether oxygens (including phenoxy) is 1. The molecule has 1 aliphatic heterocycles. The third-order valence-corrected chi connectivity index (χ3v) is 3.97. The highest BCUT2D eigenvalue weighted by atomic mass is 16.5. The summed E-state index contributed by atoms with van der Waals surface area (Å²) in [6.07, 6.45) is 4.66. The largest absolute Gasteiger partial charge is 0.438 e. The molecule has 0 saturated carbocycles. The lowest BCUT2D eigenvalue weighted by atomic mass is 10.1. The molecule has 1 saturated heterocycles. The van der Waals surface area contributed by atoms with Crippen molar-refractivity contribution in [3.63, 3.8) is 0 Å². The van der Waals surface area contributed by atoms with E-state index in [0.29, 0.717) is 37.0 Å². The first-order chi connectivity index (χ1) is 11.1. The molecule has 7 nitrogen and oxygen atoms in total. The van der Waals surface area contributed by atoms with Gasteiger partial charge in [0.1, 0.15) is 5.82 Å². The third kappa shape index (κ3) is 3.68. The number of morpholine rings is 1. The summed E-state index contributed by atoms with van der Waals surface area (Å²) in [5.41, 5.74) is 7.42. The van der Waals surface area contributed by atoms with Crippen LogP contribution in [0, 0.1) is 6.92 Å². The van der Waals surface area contributed by atoms with Crippen molar-refractivity contribution in [2.45, 2.75) is 25.9 Å². The number of anilines is 1. The van der Waals surface area contributed by atoms with E-state index < -0.39 is 0 Å². The van der Waals surface area contributed by atoms with E-state index >= 15 is 0 Å². The molecule has 2 aromatic rings. The van der Waals surface area contributed by atoms with E-state index in [4.69, 9.17) is 14.9 Å². The molecule has 1 amide bonds. The van der Waals surface area contributed by atoms with Crippen molar-refractivity contribution in [3.05, 3.63) is 41.7 Å². The summed E-state index contributed by atoms with van der Waals surface area (Å²) in [5, 5.41) is 0. The molecule has 3 heterocycles. The maximum atomic E-state index is 12.5. The van der Waals surface area contributed by atoms with Gasteiger partial charge in [0.05, 0.1) is 18.4 Å². The van der Waals surface area contributed by atoms with Crippen molar-refractivity contribution >= 4 is 11.7 Å². The van der Waals surface area contributed by atoms with E-state index in [2.05, 4.69) is 9.97 Å². The molecule has 3 rings (SSSR count). The zero-order valence-electron chi connectivity index (χ0n) is 13.1. The molecule has 2 aromatic heterocycles. The number of oxazole rings is 1. The molecule has 7 heteroatoms. The fraction of sp³-hybridized carbons (Fsp3) is 0.438. The van der Waals surface area contributed by atoms with E-state index in [1.54, 1.807) is 18.0 Å². The number of hydrogen-bond donors (Lipinski definition) is 1. The minimum atomic E-state index is -0.124. The summed E-state index contributed by atoms with van der Waals surface area (Å²) in [4.78, 5) is 22.2. The molecule has 2 N–H and O–H groups in total. The third-order valence-electron chi connectivity index (χ3n) is 3.97. The van der Waals surface area contributed by atoms with Crippen LogP contribution in [0.3, 0.4) is 0 Å². The van der Waals surface area contributed by atoms with Crippen molar-refractivity contribution in [1.29, 1.82) is 0 Å². The summed E-state index contributed by atoms with van der Waals surface area (Å²) in [6, 6.07) is 3.81. The van der Waals surface area contributed by atoms with Crippen LogP contribution in [-0.2, 0) is 11.2 Å². The van der Waals surface area contributed by atoms with Crippen LogP contribution in [-0.4, -0.2) is 46.6 Å². The van der Waals surface area contributed by atoms with Crippen molar-refractivity contribution in [2.75, 3.05) is 25.4 Å². The second kappa shape index (κ2) is 6.78. The van der Waals surface area contributed by atoms with Crippen LogP contribution >= 0.6 is 0 Å². The Morgan fingerprint density at radius 1 is 1.48 bits per heavy atom. The summed E-state index contributed by atoms with van der Waals surface area (Å²) in [7, 11) is 0. The number of nitrogen functional groups attached to an aromatic ring is 1. The van der Waals surface area contributed by atoms with Gasteiger partial charge in [0.25, 0.3) is 5.91 Å². The van der Waals surface area contributed by atoms with Crippen LogP contribution in [0.4, 0.5) is 5.82 Å². The Hall–Kier alpha value is -2.41. The number of amides is 1. The Kier molecular flexibility index (Phi) is 4.57. The predicted molar refractivity (Wildman–Crippen MR) is 83.9 cm³/mol. The second-order valence-electron chi connectivity index (χ2n) is 5.64. The minimum Gasteiger partial charge on any atom is -0.438 e. The number of rotatable bonds is 4. The van der Waals surface area contributed by atoms with Crippen molar-refractivity contribution in [3.8, 4) is 0 Å². The summed E-state index contributed by atoms with van der Waals surface area (Å²) < 4.78 is 11.0. The van der Waals surface area contributed by atoms with Crippen LogP contribution in [0.2, 0.25) is 0 Å². The number of hydrogen-bond acceptors (Lipinski definition) is 6. The molecule has 1 atom stereocenters. The lowest BCUT2D eigenvalue weighted by Crippen LogP contribution is -2.45. The SMILES string of the molecule is Cc1ncoc1C(=O)N1CCO[C@@H](CCc2ccnc(N)c2)C1. The van der Waals surface area contributed by atoms with E-state index in [-0.39, 0.29) is 12.0 Å². The molecule has 1 fully saturated rings. The van der Waals surface area contributed by atoms with Crippen molar-refractivity contribution in [2.24, 2.45) is 0 Å². The van der Waals surface area contributed by atoms with Gasteiger partial charge in [-0.05, 0) is 37.5 Å². The highest BCUT2D eigenvalue weighted by Gasteiger charge is 2.27. The average Bonchev–Trinajstić information content (AvgIpc) is 2.99. The first-order valence-electron chi connectivity index (χ1n) is 7.65. The number of carbonyl (C=O) groups is 1. The molecular formula is C16H20N4O3. The van der Waals surface area contributed by atoms with E-state index in [9.17, 15) is 4.79 Å². The molecule has 0 spiro atoms. The maximum Gasteiger partial charge on any atom is 0.291 e. The van der Waals surface area contributed by atoms with Gasteiger partial charge in [-0.1, -0.05) is 0 Å². The first kappa shape index (κ1) is 15.5. The number of nitrogens with two attached hydrogens (primary N) is 1. The fourth-order valence-corrected chi connectivity index (χ4v) is 2.71.